The van der Waals surface area contributed by atoms with Crippen LogP contribution in [0.5, 0.6) is 0 Å². The maximum Gasteiger partial charge on any atom is 0.287 e. The van der Waals surface area contributed by atoms with Crippen LogP contribution in [0.4, 0.5) is 0 Å². The van der Waals surface area contributed by atoms with E-state index in [1.54, 1.807) is 0 Å². The largest absolute Gasteiger partial charge is 0.369 e. The summed E-state index contributed by atoms with van der Waals surface area (Å²) in [7, 11) is 0. The molecule has 3 nitrogen and oxygen atoms in total. The molecule has 132 valence electrons. The van der Waals surface area contributed by atoms with Crippen LogP contribution in [-0.2, 0) is 11.3 Å². The van der Waals surface area contributed by atoms with Crippen molar-refractivity contribution in [2.24, 2.45) is 0 Å². The Morgan fingerprint density at radius 1 is 0.741 bits per heavy atom. The lowest BCUT2D eigenvalue weighted by atomic mass is 10.0. The lowest BCUT2D eigenvalue weighted by molar-refractivity contribution is -0.675. The molecule has 0 unspecified atom stereocenters. The lowest BCUT2D eigenvalue weighted by Gasteiger charge is -2.05. The van der Waals surface area contributed by atoms with E-state index in [1.165, 1.54) is 22.4 Å². The van der Waals surface area contributed by atoms with Gasteiger partial charge >= 0.3 is 0 Å². The van der Waals surface area contributed by atoms with Gasteiger partial charge in [-0.15, -0.1) is 0 Å². The third-order valence-electron chi connectivity index (χ3n) is 4.97. The number of nitrogens with zero attached hydrogens (tertiary/aromatic N) is 1. The zero-order chi connectivity index (χ0) is 18.1. The first-order valence-corrected chi connectivity index (χ1v) is 9.34. The molecule has 1 aliphatic heterocycles. The summed E-state index contributed by atoms with van der Waals surface area (Å²) in [5, 5.41) is 0. The van der Waals surface area contributed by atoms with Crippen LogP contribution in [-0.4, -0.2) is 17.7 Å². The molecule has 0 saturated carbocycles. The molecule has 27 heavy (non-hydrogen) atoms. The van der Waals surface area contributed by atoms with Crippen molar-refractivity contribution in [1.29, 1.82) is 0 Å². The smallest absolute Gasteiger partial charge is 0.287 e. The molecule has 0 radical (unpaired) electrons. The number of epoxide rings is 1. The molecule has 1 saturated heterocycles. The first-order chi connectivity index (χ1) is 13.4. The van der Waals surface area contributed by atoms with Crippen molar-refractivity contribution in [3.63, 3.8) is 0 Å². The van der Waals surface area contributed by atoms with Gasteiger partial charge in [-0.1, -0.05) is 78.9 Å². The Balaban J connectivity index is 1.78. The molecule has 4 aromatic rings. The molecule has 2 heterocycles. The van der Waals surface area contributed by atoms with Gasteiger partial charge in [0, 0.05) is 11.1 Å². The number of rotatable bonds is 5. The quantitative estimate of drug-likeness (QED) is 0.409. The van der Waals surface area contributed by atoms with E-state index in [4.69, 9.17) is 4.74 Å². The summed E-state index contributed by atoms with van der Waals surface area (Å²) in [5.41, 5.74) is 5.91. The number of benzene rings is 3. The van der Waals surface area contributed by atoms with E-state index in [-0.39, 0.29) is 0 Å². The predicted octanol–water partition coefficient (Wildman–Crippen LogP) is 4.70. The fourth-order valence-corrected chi connectivity index (χ4v) is 3.59. The highest BCUT2D eigenvalue weighted by Crippen LogP contribution is 2.32. The molecule has 0 spiro atoms. The van der Waals surface area contributed by atoms with Crippen molar-refractivity contribution in [3.05, 3.63) is 91.0 Å². The summed E-state index contributed by atoms with van der Waals surface area (Å²) in [6.45, 7) is 1.68. The molecule has 3 heteroatoms. The minimum absolute atomic E-state index is 0.291. The van der Waals surface area contributed by atoms with Crippen LogP contribution in [0.3, 0.4) is 0 Å². The Kier molecular flexibility index (Phi) is 4.07. The zero-order valence-corrected chi connectivity index (χ0v) is 15.0. The maximum atomic E-state index is 5.57. The maximum absolute atomic E-state index is 5.57. The normalized spacial score (nSPS) is 15.6. The van der Waals surface area contributed by atoms with Crippen molar-refractivity contribution < 1.29 is 9.30 Å². The van der Waals surface area contributed by atoms with Crippen molar-refractivity contribution in [1.82, 2.24) is 4.98 Å². The number of ether oxygens (including phenoxy) is 1. The number of nitrogens with one attached hydrogen (secondary N) is 1. The van der Waals surface area contributed by atoms with E-state index in [9.17, 15) is 0 Å². The number of H-pyrrole nitrogens is 1. The van der Waals surface area contributed by atoms with Gasteiger partial charge in [0.2, 0.25) is 0 Å². The second-order valence-electron chi connectivity index (χ2n) is 6.86. The molecule has 1 aliphatic rings. The predicted molar refractivity (Wildman–Crippen MR) is 107 cm³/mol. The second kappa shape index (κ2) is 6.86. The van der Waals surface area contributed by atoms with Crippen LogP contribution < -0.4 is 4.57 Å². The Bertz CT molecular complexity index is 1040. The minimum atomic E-state index is 0.291. The lowest BCUT2D eigenvalue weighted by Crippen LogP contribution is -2.39. The fraction of sp³-hybridized carbons (Fsp3) is 0.125. The van der Waals surface area contributed by atoms with Crippen LogP contribution in [0.2, 0.25) is 0 Å². The number of hydrogen-bond donors (Lipinski definition) is 1. The monoisotopic (exact) mass is 353 g/mol. The Morgan fingerprint density at radius 3 is 1.81 bits per heavy atom. The molecule has 0 amide bonds. The SMILES string of the molecule is c1ccc(-c2[nH]c(-c3ccccc3)[n+](C[C@@H]3CO3)c2-c2ccccc2)cc1. The Hall–Kier alpha value is -3.17. The van der Waals surface area contributed by atoms with Crippen LogP contribution in [0.1, 0.15) is 0 Å². The molecule has 1 N–H and O–H groups in total. The van der Waals surface area contributed by atoms with Gasteiger partial charge in [0.1, 0.15) is 12.6 Å². The van der Waals surface area contributed by atoms with E-state index in [2.05, 4.69) is 101 Å². The van der Waals surface area contributed by atoms with Crippen molar-refractivity contribution >= 4 is 0 Å². The number of aromatic amines is 1. The molecule has 1 aromatic heterocycles. The van der Waals surface area contributed by atoms with Crippen LogP contribution in [0.15, 0.2) is 91.0 Å². The molecule has 5 rings (SSSR count). The second-order valence-corrected chi connectivity index (χ2v) is 6.86. The van der Waals surface area contributed by atoms with E-state index < -0.39 is 0 Å². The van der Waals surface area contributed by atoms with E-state index in [0.717, 1.165) is 24.7 Å². The van der Waals surface area contributed by atoms with E-state index in [1.807, 2.05) is 0 Å². The number of imidazole rings is 1. The topological polar surface area (TPSA) is 32.2 Å². The summed E-state index contributed by atoms with van der Waals surface area (Å²) in [6, 6.07) is 31.7. The zero-order valence-electron chi connectivity index (χ0n) is 15.0. The van der Waals surface area contributed by atoms with Gasteiger partial charge < -0.3 is 4.74 Å². The highest BCUT2D eigenvalue weighted by molar-refractivity contribution is 5.78. The molecule has 0 bridgehead atoms. The average molecular weight is 353 g/mol. The van der Waals surface area contributed by atoms with Crippen LogP contribution in [0, 0.1) is 0 Å². The Morgan fingerprint density at radius 2 is 1.26 bits per heavy atom. The van der Waals surface area contributed by atoms with Gasteiger partial charge in [0.15, 0.2) is 11.4 Å². The summed E-state index contributed by atoms with van der Waals surface area (Å²) >= 11 is 0. The van der Waals surface area contributed by atoms with Crippen molar-refractivity contribution in [2.75, 3.05) is 6.61 Å². The highest BCUT2D eigenvalue weighted by Gasteiger charge is 2.33. The van der Waals surface area contributed by atoms with Crippen LogP contribution in [0.25, 0.3) is 33.9 Å². The summed E-state index contributed by atoms with van der Waals surface area (Å²) in [6.07, 6.45) is 0.291. The molecular formula is C24H21N2O+. The average Bonchev–Trinajstić information content (AvgIpc) is 3.48. The van der Waals surface area contributed by atoms with Gasteiger partial charge in [0.05, 0.1) is 12.2 Å². The van der Waals surface area contributed by atoms with Gasteiger partial charge in [0.25, 0.3) is 5.82 Å². The van der Waals surface area contributed by atoms with Gasteiger partial charge in [-0.05, 0) is 12.1 Å². The summed E-state index contributed by atoms with van der Waals surface area (Å²) < 4.78 is 7.95. The minimum Gasteiger partial charge on any atom is -0.369 e. The Labute approximate surface area is 158 Å². The first kappa shape index (κ1) is 16.0. The van der Waals surface area contributed by atoms with Gasteiger partial charge in [-0.25, -0.2) is 9.55 Å². The first-order valence-electron chi connectivity index (χ1n) is 9.34. The van der Waals surface area contributed by atoms with Gasteiger partial charge in [-0.2, -0.15) is 0 Å². The third kappa shape index (κ3) is 3.18. The molecule has 3 aromatic carbocycles. The molecule has 1 fully saturated rings. The molecule has 0 aliphatic carbocycles. The van der Waals surface area contributed by atoms with Crippen LogP contribution >= 0.6 is 0 Å². The third-order valence-corrected chi connectivity index (χ3v) is 4.97. The standard InChI is InChI=1S/C24H20N2O/c1-4-10-18(11-5-1)22-23(19-12-6-2-7-13-19)26(16-21-17-27-21)24(25-22)20-14-8-3-9-15-20/h1-15,21H,16-17H2/p+1/t21-/m1/s1. The summed E-state index contributed by atoms with van der Waals surface area (Å²) in [4.78, 5) is 3.72. The summed E-state index contributed by atoms with van der Waals surface area (Å²) in [5.74, 6) is 1.11. The number of hydrogen-bond acceptors (Lipinski definition) is 1. The fourth-order valence-electron chi connectivity index (χ4n) is 3.59. The highest BCUT2D eigenvalue weighted by atomic mass is 16.6. The van der Waals surface area contributed by atoms with Crippen molar-refractivity contribution in [2.45, 2.75) is 12.6 Å². The van der Waals surface area contributed by atoms with Crippen molar-refractivity contribution in [3.8, 4) is 33.9 Å². The number of aromatic nitrogens is 2. The van der Waals surface area contributed by atoms with E-state index >= 15 is 0 Å². The molecule has 1 atom stereocenters. The van der Waals surface area contributed by atoms with Gasteiger partial charge in [-0.3, -0.25) is 0 Å². The molecular weight excluding hydrogens is 332 g/mol. The van der Waals surface area contributed by atoms with E-state index in [0.29, 0.717) is 6.10 Å².